The van der Waals surface area contributed by atoms with Crippen molar-refractivity contribution >= 4 is 29.4 Å². The van der Waals surface area contributed by atoms with E-state index in [4.69, 9.17) is 4.74 Å². The van der Waals surface area contributed by atoms with Gasteiger partial charge in [-0.25, -0.2) is 9.69 Å². The molecule has 3 aromatic carbocycles. The molecule has 4 rings (SSSR count). The third-order valence-corrected chi connectivity index (χ3v) is 6.02. The number of rotatable bonds is 6. The largest absolute Gasteiger partial charge is 0.452 e. The van der Waals surface area contributed by atoms with Crippen molar-refractivity contribution in [3.63, 3.8) is 0 Å². The number of ether oxygens (including phenoxy) is 1. The summed E-state index contributed by atoms with van der Waals surface area (Å²) in [5.41, 5.74) is 4.77. The van der Waals surface area contributed by atoms with Crippen LogP contribution in [0.2, 0.25) is 0 Å². The summed E-state index contributed by atoms with van der Waals surface area (Å²) in [6.07, 6.45) is 0. The number of aryl methyl sites for hydroxylation is 3. The van der Waals surface area contributed by atoms with Gasteiger partial charge in [0.2, 0.25) is 0 Å². The van der Waals surface area contributed by atoms with Crippen molar-refractivity contribution in [1.82, 2.24) is 4.90 Å². The summed E-state index contributed by atoms with van der Waals surface area (Å²) in [6, 6.07) is 17.6. The van der Waals surface area contributed by atoms with Gasteiger partial charge in [0.1, 0.15) is 0 Å². The summed E-state index contributed by atoms with van der Waals surface area (Å²) in [4.78, 5) is 53.7. The third-order valence-electron chi connectivity index (χ3n) is 6.02. The monoisotopic (exact) mass is 470 g/mol. The van der Waals surface area contributed by atoms with E-state index in [1.54, 1.807) is 13.1 Å². The Bertz CT molecular complexity index is 1340. The van der Waals surface area contributed by atoms with Crippen LogP contribution in [0.3, 0.4) is 0 Å². The van der Waals surface area contributed by atoms with Gasteiger partial charge >= 0.3 is 5.97 Å². The number of likely N-dealkylation sites (N-methyl/N-ethyl adjacent to an activating group) is 1. The summed E-state index contributed by atoms with van der Waals surface area (Å²) in [5, 5.41) is 0. The zero-order chi connectivity index (χ0) is 25.3. The Morgan fingerprint density at radius 1 is 0.829 bits per heavy atom. The van der Waals surface area contributed by atoms with Gasteiger partial charge in [0, 0.05) is 13.6 Å². The molecule has 0 radical (unpaired) electrons. The van der Waals surface area contributed by atoms with E-state index < -0.39 is 24.4 Å². The number of anilines is 1. The Morgan fingerprint density at radius 2 is 1.49 bits per heavy atom. The number of benzene rings is 3. The van der Waals surface area contributed by atoms with E-state index >= 15 is 0 Å². The van der Waals surface area contributed by atoms with E-state index in [1.807, 2.05) is 57.2 Å². The molecule has 0 fully saturated rings. The van der Waals surface area contributed by atoms with Crippen molar-refractivity contribution in [1.29, 1.82) is 0 Å². The fourth-order valence-electron chi connectivity index (χ4n) is 3.92. The van der Waals surface area contributed by atoms with Crippen LogP contribution in [0.15, 0.2) is 60.7 Å². The van der Waals surface area contributed by atoms with Crippen LogP contribution >= 0.6 is 0 Å². The molecule has 3 aromatic rings. The predicted molar refractivity (Wildman–Crippen MR) is 131 cm³/mol. The van der Waals surface area contributed by atoms with E-state index in [9.17, 15) is 19.2 Å². The molecule has 0 N–H and O–H groups in total. The van der Waals surface area contributed by atoms with E-state index in [0.29, 0.717) is 12.2 Å². The first-order chi connectivity index (χ1) is 16.7. The Kier molecular flexibility index (Phi) is 6.51. The van der Waals surface area contributed by atoms with Crippen LogP contribution < -0.4 is 4.90 Å². The average Bonchev–Trinajstić information content (AvgIpc) is 3.09. The van der Waals surface area contributed by atoms with Crippen molar-refractivity contribution in [3.05, 3.63) is 99.6 Å². The van der Waals surface area contributed by atoms with Gasteiger partial charge in [-0.1, -0.05) is 42.0 Å². The molecule has 0 atom stereocenters. The molecule has 0 aromatic heterocycles. The van der Waals surface area contributed by atoms with Gasteiger partial charge < -0.3 is 9.64 Å². The van der Waals surface area contributed by atoms with Crippen molar-refractivity contribution in [2.45, 2.75) is 27.3 Å². The minimum absolute atomic E-state index is 0.0988. The van der Waals surface area contributed by atoms with Crippen molar-refractivity contribution < 1.29 is 23.9 Å². The molecule has 0 saturated heterocycles. The molecule has 35 heavy (non-hydrogen) atoms. The van der Waals surface area contributed by atoms with Gasteiger partial charge in [-0.05, 0) is 61.7 Å². The number of hydrogen-bond acceptors (Lipinski definition) is 5. The maximum Gasteiger partial charge on any atom is 0.338 e. The van der Waals surface area contributed by atoms with E-state index in [1.165, 1.54) is 23.1 Å². The molecule has 7 nitrogen and oxygen atoms in total. The fraction of sp³-hybridized carbons (Fsp3) is 0.214. The van der Waals surface area contributed by atoms with Gasteiger partial charge in [0.15, 0.2) is 6.61 Å². The first kappa shape index (κ1) is 23.9. The Balaban J connectivity index is 1.44. The highest BCUT2D eigenvalue weighted by atomic mass is 16.5. The Morgan fingerprint density at radius 3 is 2.20 bits per heavy atom. The Labute approximate surface area is 203 Å². The molecule has 0 aliphatic carbocycles. The summed E-state index contributed by atoms with van der Waals surface area (Å²) in [6.45, 7) is 5.66. The van der Waals surface area contributed by atoms with Gasteiger partial charge in [0.05, 0.1) is 22.4 Å². The molecule has 1 aliphatic heterocycles. The standard InChI is InChI=1S/C28H26N2O5/c1-17-6-9-20(10-7-17)15-29(4)25(31)16-35-28(34)21-11-12-22-23(14-21)27(33)30(26(22)32)24-13-18(2)5-8-19(24)3/h5-14H,15-16H2,1-4H3. The van der Waals surface area contributed by atoms with Crippen molar-refractivity contribution in [2.24, 2.45) is 0 Å². The first-order valence-electron chi connectivity index (χ1n) is 11.2. The second kappa shape index (κ2) is 9.54. The second-order valence-electron chi connectivity index (χ2n) is 8.81. The predicted octanol–water partition coefficient (Wildman–Crippen LogP) is 4.23. The Hall–Kier alpha value is -4.26. The van der Waals surface area contributed by atoms with Crippen LogP contribution in [-0.4, -0.2) is 42.2 Å². The number of nitrogens with zero attached hydrogens (tertiary/aromatic N) is 2. The third kappa shape index (κ3) is 4.84. The molecule has 0 saturated carbocycles. The van der Waals surface area contributed by atoms with Crippen LogP contribution in [0, 0.1) is 20.8 Å². The quantitative estimate of drug-likeness (QED) is 0.398. The van der Waals surface area contributed by atoms with Crippen LogP contribution in [0.1, 0.15) is 53.3 Å². The highest BCUT2D eigenvalue weighted by Crippen LogP contribution is 2.31. The zero-order valence-corrected chi connectivity index (χ0v) is 20.1. The summed E-state index contributed by atoms with van der Waals surface area (Å²) in [7, 11) is 1.64. The van der Waals surface area contributed by atoms with E-state index in [0.717, 1.165) is 27.2 Å². The smallest absolute Gasteiger partial charge is 0.338 e. The lowest BCUT2D eigenvalue weighted by Gasteiger charge is -2.17. The lowest BCUT2D eigenvalue weighted by molar-refractivity contribution is -0.133. The lowest BCUT2D eigenvalue weighted by Crippen LogP contribution is -2.30. The maximum absolute atomic E-state index is 13.1. The number of hydrogen-bond donors (Lipinski definition) is 0. The van der Waals surface area contributed by atoms with Crippen LogP contribution in [0.25, 0.3) is 0 Å². The summed E-state index contributed by atoms with van der Waals surface area (Å²) < 4.78 is 5.20. The van der Waals surface area contributed by atoms with Crippen molar-refractivity contribution in [2.75, 3.05) is 18.6 Å². The molecule has 3 amide bonds. The average molecular weight is 471 g/mol. The molecule has 1 heterocycles. The molecule has 0 bridgehead atoms. The minimum Gasteiger partial charge on any atom is -0.452 e. The van der Waals surface area contributed by atoms with Crippen molar-refractivity contribution in [3.8, 4) is 0 Å². The van der Waals surface area contributed by atoms with E-state index in [2.05, 4.69) is 0 Å². The maximum atomic E-state index is 13.1. The van der Waals surface area contributed by atoms with Crippen LogP contribution in [0.4, 0.5) is 5.69 Å². The molecular weight excluding hydrogens is 444 g/mol. The zero-order valence-electron chi connectivity index (χ0n) is 20.1. The van der Waals surface area contributed by atoms with Gasteiger partial charge in [0.25, 0.3) is 17.7 Å². The number of esters is 1. The second-order valence-corrected chi connectivity index (χ2v) is 8.81. The van der Waals surface area contributed by atoms with Gasteiger partial charge in [-0.15, -0.1) is 0 Å². The topological polar surface area (TPSA) is 84.0 Å². The molecule has 7 heteroatoms. The highest BCUT2D eigenvalue weighted by molar-refractivity contribution is 6.35. The van der Waals surface area contributed by atoms with Gasteiger partial charge in [-0.2, -0.15) is 0 Å². The highest BCUT2D eigenvalue weighted by Gasteiger charge is 2.38. The SMILES string of the molecule is Cc1ccc(CN(C)C(=O)COC(=O)c2ccc3c(c2)C(=O)N(c2cc(C)ccc2C)C3=O)cc1. The lowest BCUT2D eigenvalue weighted by atomic mass is 10.1. The number of carbonyl (C=O) groups excluding carboxylic acids is 4. The molecule has 1 aliphatic rings. The number of amides is 3. The van der Waals surface area contributed by atoms with Gasteiger partial charge in [-0.3, -0.25) is 14.4 Å². The molecule has 0 unspecified atom stereocenters. The number of carbonyl (C=O) groups is 4. The normalized spacial score (nSPS) is 12.5. The summed E-state index contributed by atoms with van der Waals surface area (Å²) in [5.74, 6) is -2.03. The first-order valence-corrected chi connectivity index (χ1v) is 11.2. The van der Waals surface area contributed by atoms with Crippen LogP contribution in [0.5, 0.6) is 0 Å². The minimum atomic E-state index is -0.740. The summed E-state index contributed by atoms with van der Waals surface area (Å²) >= 11 is 0. The molecule has 0 spiro atoms. The van der Waals surface area contributed by atoms with Crippen LogP contribution in [-0.2, 0) is 16.1 Å². The van der Waals surface area contributed by atoms with E-state index in [-0.39, 0.29) is 22.6 Å². The number of fused-ring (bicyclic) bond motifs is 1. The molecular formula is C28H26N2O5. The number of imide groups is 1. The fourth-order valence-corrected chi connectivity index (χ4v) is 3.92. The molecule has 178 valence electrons.